The molecular weight excluding hydrogens is 577 g/mol. The van der Waals surface area contributed by atoms with Crippen molar-refractivity contribution in [1.29, 1.82) is 0 Å². The van der Waals surface area contributed by atoms with Crippen LogP contribution in [-0.2, 0) is 11.2 Å². The molecule has 0 saturated heterocycles. The summed E-state index contributed by atoms with van der Waals surface area (Å²) >= 11 is 0. The number of benzene rings is 1. The fourth-order valence-electron chi connectivity index (χ4n) is 6.06. The van der Waals surface area contributed by atoms with Gasteiger partial charge in [0.25, 0.3) is 5.56 Å². The highest BCUT2D eigenvalue weighted by molar-refractivity contribution is 5.98. The summed E-state index contributed by atoms with van der Waals surface area (Å²) in [5, 5.41) is 7.12. The van der Waals surface area contributed by atoms with E-state index in [2.05, 4.69) is 35.8 Å². The molecule has 0 spiro atoms. The minimum Gasteiger partial charge on any atom is -0.475 e. The fourth-order valence-corrected chi connectivity index (χ4v) is 6.06. The first-order valence-electron chi connectivity index (χ1n) is 14.5. The molecule has 4 rings (SSSR count). The molecule has 0 radical (unpaired) electrons. The summed E-state index contributed by atoms with van der Waals surface area (Å²) in [6.07, 6.45) is 1.36. The number of furan rings is 1. The second kappa shape index (κ2) is 14.1. The van der Waals surface area contributed by atoms with E-state index in [4.69, 9.17) is 20.1 Å². The number of carboxylic acid groups (broad SMARTS) is 1. The Kier molecular flexibility index (Phi) is 11.1. The van der Waals surface area contributed by atoms with E-state index < -0.39 is 18.1 Å². The number of aromatic nitrogens is 1. The van der Waals surface area contributed by atoms with Crippen molar-refractivity contribution in [2.75, 3.05) is 25.5 Å². The Hall–Kier alpha value is -4.06. The number of anilines is 1. The van der Waals surface area contributed by atoms with E-state index in [1.54, 1.807) is 6.26 Å². The zero-order valence-corrected chi connectivity index (χ0v) is 26.0. The molecule has 1 aliphatic rings. The van der Waals surface area contributed by atoms with E-state index in [0.717, 1.165) is 71.4 Å². The number of carbonyl (C=O) groups is 2. The molecular formula is C32H41F3N4O5. The summed E-state index contributed by atoms with van der Waals surface area (Å²) in [6, 6.07) is 8.50. The first-order valence-corrected chi connectivity index (χ1v) is 14.5. The van der Waals surface area contributed by atoms with Crippen molar-refractivity contribution in [3.05, 3.63) is 74.4 Å². The average Bonchev–Trinajstić information content (AvgIpc) is 3.47. The standard InChI is InChI=1S/C30H40N4O3.C2HF3O2/c1-7-34(22-12-10-21(11-13-22)33(5)6)28-20(4)24(29(31)35)17-25(27-9-8-14-37-27)26(28)16-23-18(2)15-19(3)32-30(23)36;3-2(4,5)1(6)7/h8-9,14-15,17,21-22H,7,10-13,16H2,1-6H3,(H2,31,35)(H,32,36);(H,6,7). The molecule has 1 fully saturated rings. The number of rotatable bonds is 8. The Morgan fingerprint density at radius 2 is 1.66 bits per heavy atom. The topological polar surface area (TPSA) is 133 Å². The smallest absolute Gasteiger partial charge is 0.475 e. The highest BCUT2D eigenvalue weighted by Crippen LogP contribution is 2.41. The highest BCUT2D eigenvalue weighted by Gasteiger charge is 2.38. The molecule has 44 heavy (non-hydrogen) atoms. The van der Waals surface area contributed by atoms with Gasteiger partial charge in [-0.05, 0) is 108 Å². The Balaban J connectivity index is 0.000000676. The van der Waals surface area contributed by atoms with Crippen molar-refractivity contribution in [3.8, 4) is 11.3 Å². The summed E-state index contributed by atoms with van der Waals surface area (Å²) < 4.78 is 37.6. The van der Waals surface area contributed by atoms with Gasteiger partial charge in [-0.3, -0.25) is 9.59 Å². The SMILES string of the molecule is CCN(c1c(C)c(C(N)=O)cc(-c2ccco2)c1Cc1c(C)cc(C)[nH]c1=O)C1CCC(N(C)C)CC1.O=C(O)C(F)(F)F. The highest BCUT2D eigenvalue weighted by atomic mass is 19.4. The first kappa shape index (κ1) is 34.4. The quantitative estimate of drug-likeness (QED) is 0.300. The molecule has 0 aliphatic heterocycles. The van der Waals surface area contributed by atoms with E-state index in [0.29, 0.717) is 29.8 Å². The summed E-state index contributed by atoms with van der Waals surface area (Å²) in [5.74, 6) is -2.56. The number of hydrogen-bond acceptors (Lipinski definition) is 6. The van der Waals surface area contributed by atoms with Crippen LogP contribution in [0.15, 0.2) is 39.7 Å². The van der Waals surface area contributed by atoms with Crippen molar-refractivity contribution in [2.45, 2.75) is 78.1 Å². The van der Waals surface area contributed by atoms with E-state index in [1.165, 1.54) is 0 Å². The molecule has 0 atom stereocenters. The summed E-state index contributed by atoms with van der Waals surface area (Å²) in [7, 11) is 4.30. The van der Waals surface area contributed by atoms with Gasteiger partial charge in [0.1, 0.15) is 5.76 Å². The lowest BCUT2D eigenvalue weighted by molar-refractivity contribution is -0.192. The zero-order chi connectivity index (χ0) is 32.9. The molecule has 2 aromatic heterocycles. The van der Waals surface area contributed by atoms with Gasteiger partial charge >= 0.3 is 12.1 Å². The van der Waals surface area contributed by atoms with Gasteiger partial charge in [-0.2, -0.15) is 13.2 Å². The molecule has 3 aromatic rings. The molecule has 1 aromatic carbocycles. The molecule has 1 amide bonds. The van der Waals surface area contributed by atoms with Gasteiger partial charge in [0.05, 0.1) is 6.26 Å². The Bertz CT molecular complexity index is 1520. The van der Waals surface area contributed by atoms with E-state index in [-0.39, 0.29) is 5.56 Å². The predicted molar refractivity (Wildman–Crippen MR) is 163 cm³/mol. The molecule has 9 nitrogen and oxygen atoms in total. The maximum absolute atomic E-state index is 13.1. The van der Waals surface area contributed by atoms with Crippen LogP contribution in [0.25, 0.3) is 11.3 Å². The third kappa shape index (κ3) is 7.90. The Labute approximate surface area is 254 Å². The normalized spacial score (nSPS) is 16.8. The number of halogens is 3. The number of aryl methyl sites for hydroxylation is 2. The van der Waals surface area contributed by atoms with Gasteiger partial charge in [0, 0.05) is 53.1 Å². The lowest BCUT2D eigenvalue weighted by Gasteiger charge is -2.41. The van der Waals surface area contributed by atoms with E-state index in [9.17, 15) is 22.8 Å². The maximum Gasteiger partial charge on any atom is 0.490 e. The van der Waals surface area contributed by atoms with Crippen LogP contribution in [0.1, 0.15) is 70.9 Å². The number of hydrogen-bond donors (Lipinski definition) is 3. The van der Waals surface area contributed by atoms with Crippen LogP contribution in [0.2, 0.25) is 0 Å². The largest absolute Gasteiger partial charge is 0.490 e. The van der Waals surface area contributed by atoms with Crippen LogP contribution in [0, 0.1) is 20.8 Å². The van der Waals surface area contributed by atoms with Crippen LogP contribution in [0.4, 0.5) is 18.9 Å². The molecule has 12 heteroatoms. The van der Waals surface area contributed by atoms with E-state index >= 15 is 0 Å². The van der Waals surface area contributed by atoms with Crippen molar-refractivity contribution < 1.29 is 32.3 Å². The predicted octanol–water partition coefficient (Wildman–Crippen LogP) is 5.58. The zero-order valence-electron chi connectivity index (χ0n) is 26.0. The number of carbonyl (C=O) groups excluding carboxylic acids is 1. The molecule has 2 heterocycles. The van der Waals surface area contributed by atoms with Crippen molar-refractivity contribution >= 4 is 17.6 Å². The molecule has 240 valence electrons. The lowest BCUT2D eigenvalue weighted by atomic mass is 9.86. The third-order valence-electron chi connectivity index (χ3n) is 8.27. The minimum atomic E-state index is -5.08. The van der Waals surface area contributed by atoms with Gasteiger partial charge in [-0.25, -0.2) is 4.79 Å². The lowest BCUT2D eigenvalue weighted by Crippen LogP contribution is -2.43. The number of aliphatic carboxylic acids is 1. The number of nitrogens with one attached hydrogen (secondary N) is 1. The number of H-pyrrole nitrogens is 1. The van der Waals surface area contributed by atoms with Crippen LogP contribution < -0.4 is 16.2 Å². The summed E-state index contributed by atoms with van der Waals surface area (Å²) in [4.78, 5) is 42.4. The average molecular weight is 619 g/mol. The molecule has 0 bridgehead atoms. The van der Waals surface area contributed by atoms with Gasteiger partial charge in [0.2, 0.25) is 5.91 Å². The number of nitrogens with zero attached hydrogens (tertiary/aromatic N) is 2. The molecule has 4 N–H and O–H groups in total. The van der Waals surface area contributed by atoms with Crippen molar-refractivity contribution in [3.63, 3.8) is 0 Å². The van der Waals surface area contributed by atoms with Gasteiger partial charge in [-0.1, -0.05) is 0 Å². The van der Waals surface area contributed by atoms with Gasteiger partial charge < -0.3 is 30.0 Å². The minimum absolute atomic E-state index is 0.0833. The van der Waals surface area contributed by atoms with Crippen LogP contribution >= 0.6 is 0 Å². The number of amides is 1. The molecule has 1 aliphatic carbocycles. The second-order valence-corrected chi connectivity index (χ2v) is 11.4. The van der Waals surface area contributed by atoms with Crippen LogP contribution in [0.3, 0.4) is 0 Å². The molecule has 0 unspecified atom stereocenters. The number of nitrogens with two attached hydrogens (primary N) is 1. The van der Waals surface area contributed by atoms with Crippen molar-refractivity contribution in [1.82, 2.24) is 9.88 Å². The molecule has 1 saturated carbocycles. The van der Waals surface area contributed by atoms with Crippen molar-refractivity contribution in [2.24, 2.45) is 5.73 Å². The number of primary amides is 1. The number of aromatic amines is 1. The van der Waals surface area contributed by atoms with Gasteiger partial charge in [-0.15, -0.1) is 0 Å². The Morgan fingerprint density at radius 3 is 2.11 bits per heavy atom. The maximum atomic E-state index is 13.1. The van der Waals surface area contributed by atoms with E-state index in [1.807, 2.05) is 45.0 Å². The number of carboxylic acids is 1. The second-order valence-electron chi connectivity index (χ2n) is 11.4. The monoisotopic (exact) mass is 618 g/mol. The first-order chi connectivity index (χ1) is 20.6. The fraction of sp³-hybridized carbons (Fsp3) is 0.469. The Morgan fingerprint density at radius 1 is 1.07 bits per heavy atom. The summed E-state index contributed by atoms with van der Waals surface area (Å²) in [6.45, 7) is 8.80. The van der Waals surface area contributed by atoms with Crippen LogP contribution in [-0.4, -0.2) is 65.8 Å². The van der Waals surface area contributed by atoms with Gasteiger partial charge in [0.15, 0.2) is 0 Å². The third-order valence-corrected chi connectivity index (χ3v) is 8.27. The number of pyridine rings is 1. The summed E-state index contributed by atoms with van der Waals surface area (Å²) in [5.41, 5.74) is 12.5. The van der Waals surface area contributed by atoms with Crippen LogP contribution in [0.5, 0.6) is 0 Å². The number of alkyl halides is 3.